The SMILES string of the molecule is NC(=O)c1cnc(NC(=O)N2CCC(N3CCc4ccc(F)cc43)CC2)s1. The van der Waals surface area contributed by atoms with Gasteiger partial charge in [0.25, 0.3) is 5.91 Å². The number of benzene rings is 1. The van der Waals surface area contributed by atoms with Crippen LogP contribution in [0.15, 0.2) is 24.4 Å². The van der Waals surface area contributed by atoms with Gasteiger partial charge in [-0.15, -0.1) is 0 Å². The van der Waals surface area contributed by atoms with Crippen LogP contribution in [0.25, 0.3) is 0 Å². The highest BCUT2D eigenvalue weighted by molar-refractivity contribution is 7.17. The molecular weight excluding hydrogens is 369 g/mol. The maximum absolute atomic E-state index is 13.6. The zero-order chi connectivity index (χ0) is 19.0. The summed E-state index contributed by atoms with van der Waals surface area (Å²) in [5, 5.41) is 3.08. The molecule has 2 aromatic rings. The third-order valence-corrected chi connectivity index (χ3v) is 6.06. The van der Waals surface area contributed by atoms with Crippen LogP contribution in [-0.2, 0) is 6.42 Å². The van der Waals surface area contributed by atoms with Crippen molar-refractivity contribution in [2.45, 2.75) is 25.3 Å². The summed E-state index contributed by atoms with van der Waals surface area (Å²) in [6.45, 7) is 2.13. The molecule has 1 aromatic heterocycles. The summed E-state index contributed by atoms with van der Waals surface area (Å²) >= 11 is 1.06. The van der Waals surface area contributed by atoms with Crippen molar-refractivity contribution in [1.29, 1.82) is 0 Å². The van der Waals surface area contributed by atoms with Gasteiger partial charge in [0.1, 0.15) is 10.7 Å². The molecule has 3 N–H and O–H groups in total. The van der Waals surface area contributed by atoms with Gasteiger partial charge in [-0.05, 0) is 37.0 Å². The van der Waals surface area contributed by atoms with Crippen molar-refractivity contribution < 1.29 is 14.0 Å². The predicted octanol–water partition coefficient (Wildman–Crippen LogP) is 2.44. The molecule has 27 heavy (non-hydrogen) atoms. The Balaban J connectivity index is 1.34. The molecule has 0 bridgehead atoms. The van der Waals surface area contributed by atoms with Crippen LogP contribution in [0.3, 0.4) is 0 Å². The number of piperidine rings is 1. The molecule has 3 heterocycles. The van der Waals surface area contributed by atoms with Crippen molar-refractivity contribution in [3.05, 3.63) is 40.7 Å². The van der Waals surface area contributed by atoms with E-state index in [-0.39, 0.29) is 11.8 Å². The van der Waals surface area contributed by atoms with E-state index in [1.165, 1.54) is 17.8 Å². The number of hydrogen-bond donors (Lipinski definition) is 2. The Bertz CT molecular complexity index is 878. The summed E-state index contributed by atoms with van der Waals surface area (Å²) in [6, 6.07) is 5.06. The highest BCUT2D eigenvalue weighted by atomic mass is 32.1. The normalized spacial score (nSPS) is 17.1. The number of aromatic nitrogens is 1. The van der Waals surface area contributed by atoms with Crippen LogP contribution in [0.2, 0.25) is 0 Å². The fraction of sp³-hybridized carbons (Fsp3) is 0.389. The van der Waals surface area contributed by atoms with Crippen LogP contribution in [0, 0.1) is 5.82 Å². The fourth-order valence-electron chi connectivity index (χ4n) is 3.75. The van der Waals surface area contributed by atoms with Crippen molar-refractivity contribution >= 4 is 34.1 Å². The van der Waals surface area contributed by atoms with Gasteiger partial charge in [-0.25, -0.2) is 14.2 Å². The maximum atomic E-state index is 13.6. The van der Waals surface area contributed by atoms with E-state index in [9.17, 15) is 14.0 Å². The van der Waals surface area contributed by atoms with Gasteiger partial charge in [-0.1, -0.05) is 17.4 Å². The van der Waals surface area contributed by atoms with Crippen molar-refractivity contribution in [3.63, 3.8) is 0 Å². The molecule has 0 radical (unpaired) electrons. The summed E-state index contributed by atoms with van der Waals surface area (Å²) in [4.78, 5) is 31.9. The number of carbonyl (C=O) groups excluding carboxylic acids is 2. The number of primary amides is 1. The standard InChI is InChI=1S/C18H20FN5O2S/c19-12-2-1-11-3-8-24(14(11)9-12)13-4-6-23(7-5-13)18(26)22-17-21-10-15(27-17)16(20)25/h1-2,9-10,13H,3-8H2,(H2,20,25)(H,21,22,26). The first-order valence-electron chi connectivity index (χ1n) is 8.88. The zero-order valence-corrected chi connectivity index (χ0v) is 15.5. The van der Waals surface area contributed by atoms with E-state index in [1.54, 1.807) is 11.0 Å². The lowest BCUT2D eigenvalue weighted by Crippen LogP contribution is -2.47. The predicted molar refractivity (Wildman–Crippen MR) is 102 cm³/mol. The maximum Gasteiger partial charge on any atom is 0.323 e. The molecule has 0 saturated carbocycles. The number of halogens is 1. The number of urea groups is 1. The van der Waals surface area contributed by atoms with E-state index in [0.717, 1.165) is 42.8 Å². The van der Waals surface area contributed by atoms with Crippen LogP contribution >= 0.6 is 11.3 Å². The first-order chi connectivity index (χ1) is 13.0. The molecule has 7 nitrogen and oxygen atoms in total. The molecule has 2 aliphatic rings. The zero-order valence-electron chi connectivity index (χ0n) is 14.7. The third kappa shape index (κ3) is 3.59. The van der Waals surface area contributed by atoms with Crippen molar-refractivity contribution in [3.8, 4) is 0 Å². The number of hydrogen-bond acceptors (Lipinski definition) is 5. The molecule has 142 valence electrons. The number of nitrogens with zero attached hydrogens (tertiary/aromatic N) is 3. The number of nitrogens with one attached hydrogen (secondary N) is 1. The van der Waals surface area contributed by atoms with Gasteiger partial charge >= 0.3 is 6.03 Å². The number of amides is 3. The number of nitrogens with two attached hydrogens (primary N) is 1. The first kappa shape index (κ1) is 17.7. The topological polar surface area (TPSA) is 91.6 Å². The highest BCUT2D eigenvalue weighted by Crippen LogP contribution is 2.33. The van der Waals surface area contributed by atoms with Gasteiger partial charge in [0.2, 0.25) is 0 Å². The summed E-state index contributed by atoms with van der Waals surface area (Å²) in [6.07, 6.45) is 3.95. The van der Waals surface area contributed by atoms with E-state index in [4.69, 9.17) is 5.73 Å². The van der Waals surface area contributed by atoms with Gasteiger partial charge in [0.05, 0.1) is 6.20 Å². The minimum Gasteiger partial charge on any atom is -0.368 e. The summed E-state index contributed by atoms with van der Waals surface area (Å²) in [7, 11) is 0. The van der Waals surface area contributed by atoms with Crippen molar-refractivity contribution in [2.24, 2.45) is 5.73 Å². The minimum atomic E-state index is -0.559. The second-order valence-electron chi connectivity index (χ2n) is 6.76. The monoisotopic (exact) mass is 389 g/mol. The number of likely N-dealkylation sites (tertiary alicyclic amines) is 1. The summed E-state index contributed by atoms with van der Waals surface area (Å²) < 4.78 is 13.6. The van der Waals surface area contributed by atoms with E-state index >= 15 is 0 Å². The van der Waals surface area contributed by atoms with Gasteiger partial charge in [0.15, 0.2) is 5.13 Å². The second-order valence-corrected chi connectivity index (χ2v) is 7.79. The summed E-state index contributed by atoms with van der Waals surface area (Å²) in [5.74, 6) is -0.771. The molecule has 0 atom stereocenters. The number of anilines is 2. The van der Waals surface area contributed by atoms with Gasteiger partial charge in [-0.2, -0.15) is 0 Å². The lowest BCUT2D eigenvalue weighted by Gasteiger charge is -2.37. The molecule has 1 fully saturated rings. The molecule has 0 spiro atoms. The number of carbonyl (C=O) groups is 2. The number of thiazole rings is 1. The Hall–Kier alpha value is -2.68. The molecular formula is C18H20FN5O2S. The van der Waals surface area contributed by atoms with Crippen LogP contribution in [0.5, 0.6) is 0 Å². The number of rotatable bonds is 3. The Kier molecular flexibility index (Phi) is 4.69. The average Bonchev–Trinajstić information content (AvgIpc) is 3.28. The van der Waals surface area contributed by atoms with Crippen LogP contribution in [-0.4, -0.2) is 47.5 Å². The van der Waals surface area contributed by atoms with Crippen LogP contribution in [0.1, 0.15) is 28.1 Å². The van der Waals surface area contributed by atoms with Crippen LogP contribution < -0.4 is 16.0 Å². The highest BCUT2D eigenvalue weighted by Gasteiger charge is 2.31. The van der Waals surface area contributed by atoms with E-state index in [1.807, 2.05) is 6.07 Å². The molecule has 2 aliphatic heterocycles. The van der Waals surface area contributed by atoms with Gasteiger partial charge in [0, 0.05) is 31.4 Å². The largest absolute Gasteiger partial charge is 0.368 e. The van der Waals surface area contributed by atoms with E-state index in [0.29, 0.717) is 29.1 Å². The molecule has 0 aliphatic carbocycles. The Morgan fingerprint density at radius 2 is 2.04 bits per heavy atom. The lowest BCUT2D eigenvalue weighted by molar-refractivity contribution is 0.100. The molecule has 4 rings (SSSR count). The summed E-state index contributed by atoms with van der Waals surface area (Å²) in [5.41, 5.74) is 7.37. The smallest absolute Gasteiger partial charge is 0.323 e. The van der Waals surface area contributed by atoms with Gasteiger partial charge in [-0.3, -0.25) is 10.1 Å². The Labute approximate surface area is 160 Å². The third-order valence-electron chi connectivity index (χ3n) is 5.13. The Morgan fingerprint density at radius 1 is 1.26 bits per heavy atom. The fourth-order valence-corrected chi connectivity index (χ4v) is 4.41. The van der Waals surface area contributed by atoms with E-state index in [2.05, 4.69) is 15.2 Å². The second kappa shape index (κ2) is 7.15. The average molecular weight is 389 g/mol. The quantitative estimate of drug-likeness (QED) is 0.843. The number of fused-ring (bicyclic) bond motifs is 1. The lowest BCUT2D eigenvalue weighted by atomic mass is 10.0. The Morgan fingerprint density at radius 3 is 2.74 bits per heavy atom. The first-order valence-corrected chi connectivity index (χ1v) is 9.69. The molecule has 9 heteroatoms. The van der Waals surface area contributed by atoms with Crippen molar-refractivity contribution in [1.82, 2.24) is 9.88 Å². The molecule has 3 amide bonds. The molecule has 1 saturated heterocycles. The van der Waals surface area contributed by atoms with Crippen LogP contribution in [0.4, 0.5) is 20.0 Å². The van der Waals surface area contributed by atoms with Gasteiger partial charge < -0.3 is 15.5 Å². The molecule has 0 unspecified atom stereocenters. The minimum absolute atomic E-state index is 0.212. The van der Waals surface area contributed by atoms with Crippen molar-refractivity contribution in [2.75, 3.05) is 29.9 Å². The molecule has 1 aromatic carbocycles. The van der Waals surface area contributed by atoms with E-state index < -0.39 is 5.91 Å².